The second-order valence-corrected chi connectivity index (χ2v) is 10.2. The highest BCUT2D eigenvalue weighted by atomic mass is 35.5. The van der Waals surface area contributed by atoms with Gasteiger partial charge in [-0.15, -0.1) is 11.8 Å². The average Bonchev–Trinajstić information content (AvgIpc) is 2.80. The predicted octanol–water partition coefficient (Wildman–Crippen LogP) is 6.23. The largest absolute Gasteiger partial charge is 0.352 e. The molecule has 8 heteroatoms. The normalized spacial score (nSPS) is 15.2. The van der Waals surface area contributed by atoms with Crippen molar-refractivity contribution in [1.29, 1.82) is 0 Å². The van der Waals surface area contributed by atoms with Crippen molar-refractivity contribution in [2.24, 2.45) is 0 Å². The highest BCUT2D eigenvalue weighted by Gasteiger charge is 2.29. The van der Waals surface area contributed by atoms with E-state index in [4.69, 9.17) is 23.2 Å². The van der Waals surface area contributed by atoms with E-state index in [2.05, 4.69) is 5.32 Å². The SMILES string of the molecule is C[C@@H](C(=O)NC1CCCCC1)N(Cc1c(Cl)cccc1Cl)C(=O)CSCc1ccc(F)cc1. The number of halogens is 3. The van der Waals surface area contributed by atoms with E-state index in [0.717, 1.165) is 31.2 Å². The molecule has 0 bridgehead atoms. The minimum Gasteiger partial charge on any atom is -0.352 e. The fourth-order valence-corrected chi connectivity index (χ4v) is 5.31. The summed E-state index contributed by atoms with van der Waals surface area (Å²) in [5.41, 5.74) is 1.55. The summed E-state index contributed by atoms with van der Waals surface area (Å²) >= 11 is 14.1. The average molecular weight is 511 g/mol. The standard InChI is InChI=1S/C25H29Cl2FN2O2S/c1-17(25(32)29-20-6-3-2-4-7-20)30(14-21-22(26)8-5-9-23(21)27)24(31)16-33-15-18-10-12-19(28)13-11-18/h5,8-13,17,20H,2-4,6-7,14-16H2,1H3,(H,29,32)/t17-/m0/s1. The van der Waals surface area contributed by atoms with Crippen LogP contribution in [0.3, 0.4) is 0 Å². The fourth-order valence-electron chi connectivity index (χ4n) is 3.92. The fraction of sp³-hybridized carbons (Fsp3) is 0.440. The zero-order valence-electron chi connectivity index (χ0n) is 18.7. The second kappa shape index (κ2) is 12.6. The number of thioether (sulfide) groups is 1. The van der Waals surface area contributed by atoms with E-state index in [0.29, 0.717) is 21.4 Å². The van der Waals surface area contributed by atoms with Gasteiger partial charge in [-0.05, 0) is 49.6 Å². The Morgan fingerprint density at radius 1 is 1.09 bits per heavy atom. The van der Waals surface area contributed by atoms with Crippen LogP contribution in [-0.4, -0.2) is 34.6 Å². The lowest BCUT2D eigenvalue weighted by molar-refractivity contribution is -0.139. The summed E-state index contributed by atoms with van der Waals surface area (Å²) in [7, 11) is 0. The Morgan fingerprint density at radius 2 is 1.73 bits per heavy atom. The number of amides is 2. The lowest BCUT2D eigenvalue weighted by Gasteiger charge is -2.31. The molecule has 2 aromatic carbocycles. The van der Waals surface area contributed by atoms with Crippen LogP contribution in [0.4, 0.5) is 4.39 Å². The molecule has 178 valence electrons. The molecule has 0 heterocycles. The Hall–Kier alpha value is -1.76. The van der Waals surface area contributed by atoms with Gasteiger partial charge in [0.25, 0.3) is 0 Å². The maximum Gasteiger partial charge on any atom is 0.242 e. The molecular formula is C25H29Cl2FN2O2S. The first-order chi connectivity index (χ1) is 15.8. The maximum absolute atomic E-state index is 13.2. The topological polar surface area (TPSA) is 49.4 Å². The molecule has 1 atom stereocenters. The minimum atomic E-state index is -0.668. The van der Waals surface area contributed by atoms with Gasteiger partial charge in [0.15, 0.2) is 0 Å². The molecule has 33 heavy (non-hydrogen) atoms. The Kier molecular flexibility index (Phi) is 9.90. The minimum absolute atomic E-state index is 0.147. The molecule has 1 aliphatic rings. The molecule has 1 saturated carbocycles. The molecule has 0 saturated heterocycles. The van der Waals surface area contributed by atoms with Crippen LogP contribution in [-0.2, 0) is 21.9 Å². The van der Waals surface area contributed by atoms with Crippen LogP contribution in [0.5, 0.6) is 0 Å². The Bertz CT molecular complexity index is 932. The molecule has 2 aromatic rings. The molecule has 1 fully saturated rings. The number of carbonyl (C=O) groups is 2. The van der Waals surface area contributed by atoms with Gasteiger partial charge >= 0.3 is 0 Å². The number of hydrogen-bond donors (Lipinski definition) is 1. The number of rotatable bonds is 9. The van der Waals surface area contributed by atoms with Crippen LogP contribution >= 0.6 is 35.0 Å². The first-order valence-corrected chi connectivity index (χ1v) is 13.1. The van der Waals surface area contributed by atoms with Crippen molar-refractivity contribution in [2.45, 2.75) is 63.4 Å². The number of nitrogens with one attached hydrogen (secondary N) is 1. The molecule has 0 aliphatic heterocycles. The van der Waals surface area contributed by atoms with Crippen LogP contribution in [0.25, 0.3) is 0 Å². The molecule has 4 nitrogen and oxygen atoms in total. The third-order valence-corrected chi connectivity index (χ3v) is 7.61. The van der Waals surface area contributed by atoms with Gasteiger partial charge in [-0.25, -0.2) is 4.39 Å². The van der Waals surface area contributed by atoms with E-state index in [1.165, 1.54) is 30.3 Å². The lowest BCUT2D eigenvalue weighted by Crippen LogP contribution is -2.50. The van der Waals surface area contributed by atoms with E-state index in [-0.39, 0.29) is 36.0 Å². The molecule has 0 spiro atoms. The van der Waals surface area contributed by atoms with Crippen LogP contribution in [0.1, 0.15) is 50.2 Å². The molecule has 1 aliphatic carbocycles. The van der Waals surface area contributed by atoms with E-state index < -0.39 is 6.04 Å². The van der Waals surface area contributed by atoms with Crippen LogP contribution in [0, 0.1) is 5.82 Å². The molecule has 3 rings (SSSR count). The van der Waals surface area contributed by atoms with E-state index in [9.17, 15) is 14.0 Å². The molecule has 1 N–H and O–H groups in total. The van der Waals surface area contributed by atoms with Crippen LogP contribution < -0.4 is 5.32 Å². The predicted molar refractivity (Wildman–Crippen MR) is 134 cm³/mol. The summed E-state index contributed by atoms with van der Waals surface area (Å²) in [5, 5.41) is 4.03. The Balaban J connectivity index is 1.69. The first-order valence-electron chi connectivity index (χ1n) is 11.2. The molecular weight excluding hydrogens is 482 g/mol. The molecule has 0 radical (unpaired) electrons. The molecule has 0 aromatic heterocycles. The van der Waals surface area contributed by atoms with Gasteiger partial charge in [0.1, 0.15) is 11.9 Å². The Labute approximate surface area is 209 Å². The van der Waals surface area contributed by atoms with Crippen molar-refractivity contribution < 1.29 is 14.0 Å². The number of benzene rings is 2. The summed E-state index contributed by atoms with van der Waals surface area (Å²) in [4.78, 5) is 27.8. The third-order valence-electron chi connectivity index (χ3n) is 5.92. The zero-order chi connectivity index (χ0) is 23.8. The van der Waals surface area contributed by atoms with Crippen molar-refractivity contribution in [3.8, 4) is 0 Å². The smallest absolute Gasteiger partial charge is 0.242 e. The van der Waals surface area contributed by atoms with Gasteiger partial charge in [0.05, 0.1) is 5.75 Å². The zero-order valence-corrected chi connectivity index (χ0v) is 21.0. The number of hydrogen-bond acceptors (Lipinski definition) is 3. The second-order valence-electron chi connectivity index (χ2n) is 8.36. The highest BCUT2D eigenvalue weighted by molar-refractivity contribution is 7.99. The summed E-state index contributed by atoms with van der Waals surface area (Å²) < 4.78 is 13.1. The van der Waals surface area contributed by atoms with Crippen molar-refractivity contribution in [3.05, 3.63) is 69.5 Å². The van der Waals surface area contributed by atoms with Crippen molar-refractivity contribution in [2.75, 3.05) is 5.75 Å². The van der Waals surface area contributed by atoms with Crippen LogP contribution in [0.15, 0.2) is 42.5 Å². The van der Waals surface area contributed by atoms with E-state index in [1.54, 1.807) is 42.2 Å². The molecule has 0 unspecified atom stereocenters. The van der Waals surface area contributed by atoms with Gasteiger partial charge in [-0.3, -0.25) is 9.59 Å². The third kappa shape index (κ3) is 7.62. The van der Waals surface area contributed by atoms with Crippen molar-refractivity contribution >= 4 is 46.8 Å². The van der Waals surface area contributed by atoms with E-state index >= 15 is 0 Å². The Morgan fingerprint density at radius 3 is 2.36 bits per heavy atom. The number of nitrogens with zero attached hydrogens (tertiary/aromatic N) is 1. The highest BCUT2D eigenvalue weighted by Crippen LogP contribution is 2.27. The lowest BCUT2D eigenvalue weighted by atomic mass is 9.95. The van der Waals surface area contributed by atoms with Gasteiger partial charge < -0.3 is 10.2 Å². The quantitative estimate of drug-likeness (QED) is 0.434. The summed E-state index contributed by atoms with van der Waals surface area (Å²) in [6.07, 6.45) is 5.35. The summed E-state index contributed by atoms with van der Waals surface area (Å²) in [6.45, 7) is 1.89. The van der Waals surface area contributed by atoms with E-state index in [1.807, 2.05) is 0 Å². The first kappa shape index (κ1) is 25.9. The number of carbonyl (C=O) groups excluding carboxylic acids is 2. The summed E-state index contributed by atoms with van der Waals surface area (Å²) in [5.74, 6) is 0.113. The van der Waals surface area contributed by atoms with Crippen molar-refractivity contribution in [3.63, 3.8) is 0 Å². The van der Waals surface area contributed by atoms with Gasteiger partial charge in [-0.2, -0.15) is 0 Å². The van der Waals surface area contributed by atoms with Gasteiger partial charge in [0.2, 0.25) is 11.8 Å². The van der Waals surface area contributed by atoms with Crippen LogP contribution in [0.2, 0.25) is 10.0 Å². The van der Waals surface area contributed by atoms with Gasteiger partial charge in [-0.1, -0.05) is 60.7 Å². The van der Waals surface area contributed by atoms with Gasteiger partial charge in [0, 0.05) is 33.9 Å². The monoisotopic (exact) mass is 510 g/mol. The summed E-state index contributed by atoms with van der Waals surface area (Å²) in [6, 6.07) is 10.9. The maximum atomic E-state index is 13.2. The molecule has 2 amide bonds. The van der Waals surface area contributed by atoms with Crippen molar-refractivity contribution in [1.82, 2.24) is 10.2 Å².